The Morgan fingerprint density at radius 1 is 1.12 bits per heavy atom. The van der Waals surface area contributed by atoms with Crippen LogP contribution in [-0.2, 0) is 23.9 Å². The number of Topliss-reactive ketones (excluding diaryl/α,β-unsaturated/α-hetero) is 1. The molecule has 7 heteroatoms. The van der Waals surface area contributed by atoms with Crippen molar-refractivity contribution in [2.75, 3.05) is 33.0 Å². The van der Waals surface area contributed by atoms with Gasteiger partial charge in [-0.05, 0) is 0 Å². The Balaban J connectivity index is 0.00000254. The number of carbonyl (C=O) groups is 3. The quantitative estimate of drug-likeness (QED) is 0.387. The van der Waals surface area contributed by atoms with Gasteiger partial charge in [0.2, 0.25) is 11.8 Å². The summed E-state index contributed by atoms with van der Waals surface area (Å²) in [5.74, 6) is -0.291. The Morgan fingerprint density at radius 3 is 2.12 bits per heavy atom. The van der Waals surface area contributed by atoms with E-state index in [0.29, 0.717) is 26.2 Å². The minimum atomic E-state index is -0.517. The van der Waals surface area contributed by atoms with Crippen LogP contribution < -0.4 is 0 Å². The van der Waals surface area contributed by atoms with E-state index < -0.39 is 5.25 Å². The van der Waals surface area contributed by atoms with E-state index in [1.807, 2.05) is 34.6 Å². The predicted octanol–water partition coefficient (Wildman–Crippen LogP) is 2.11. The first-order chi connectivity index (χ1) is 11.2. The van der Waals surface area contributed by atoms with Gasteiger partial charge >= 0.3 is 0 Å². The third-order valence-electron chi connectivity index (χ3n) is 3.36. The summed E-state index contributed by atoms with van der Waals surface area (Å²) < 4.78 is 10.6. The highest BCUT2D eigenvalue weighted by atomic mass is 32.1. The summed E-state index contributed by atoms with van der Waals surface area (Å²) in [7, 11) is 0. The number of ketones is 1. The van der Waals surface area contributed by atoms with Crippen molar-refractivity contribution in [1.82, 2.24) is 4.90 Å². The largest absolute Gasteiger partial charge is 0.379 e. The van der Waals surface area contributed by atoms with Crippen molar-refractivity contribution in [2.45, 2.75) is 52.7 Å². The summed E-state index contributed by atoms with van der Waals surface area (Å²) in [5, 5.41) is -0.517. The summed E-state index contributed by atoms with van der Waals surface area (Å²) >= 11 is 4.04. The van der Waals surface area contributed by atoms with Crippen LogP contribution >= 0.6 is 12.6 Å². The summed E-state index contributed by atoms with van der Waals surface area (Å²) in [6, 6.07) is 0. The number of amides is 2. The molecule has 6 nitrogen and oxygen atoms in total. The van der Waals surface area contributed by atoms with E-state index >= 15 is 0 Å². The second kappa shape index (κ2) is 11.6. The first-order valence-electron chi connectivity index (χ1n) is 8.44. The molecule has 24 heavy (non-hydrogen) atoms. The van der Waals surface area contributed by atoms with E-state index in [2.05, 4.69) is 12.6 Å². The molecule has 0 spiro atoms. The van der Waals surface area contributed by atoms with Gasteiger partial charge in [-0.2, -0.15) is 12.6 Å². The van der Waals surface area contributed by atoms with Gasteiger partial charge in [0.05, 0.1) is 38.2 Å². The molecule has 0 saturated carbocycles. The van der Waals surface area contributed by atoms with Crippen molar-refractivity contribution in [3.63, 3.8) is 0 Å². The van der Waals surface area contributed by atoms with Crippen LogP contribution in [-0.4, -0.2) is 60.7 Å². The maximum Gasteiger partial charge on any atom is 0.242 e. The molecule has 0 bridgehead atoms. The third kappa shape index (κ3) is 8.26. The second-order valence-electron chi connectivity index (χ2n) is 6.25. The number of imide groups is 1. The highest BCUT2D eigenvalue weighted by molar-refractivity contribution is 7.81. The van der Waals surface area contributed by atoms with Crippen LogP contribution in [0.3, 0.4) is 0 Å². The van der Waals surface area contributed by atoms with Crippen LogP contribution in [0.1, 0.15) is 47.5 Å². The molecule has 2 amide bonds. The highest BCUT2D eigenvalue weighted by Gasteiger charge is 2.35. The molecule has 1 saturated heterocycles. The Kier molecular flexibility index (Phi) is 11.2. The number of thiol groups is 1. The van der Waals surface area contributed by atoms with Crippen molar-refractivity contribution < 1.29 is 23.9 Å². The average molecular weight is 362 g/mol. The van der Waals surface area contributed by atoms with Gasteiger partial charge in [0.15, 0.2) is 0 Å². The predicted molar refractivity (Wildman–Crippen MR) is 96.2 cm³/mol. The molecule has 1 aliphatic rings. The van der Waals surface area contributed by atoms with Crippen LogP contribution in [0.25, 0.3) is 0 Å². The van der Waals surface area contributed by atoms with Crippen LogP contribution in [0.5, 0.6) is 0 Å². The smallest absolute Gasteiger partial charge is 0.242 e. The van der Waals surface area contributed by atoms with Gasteiger partial charge in [-0.1, -0.05) is 34.6 Å². The van der Waals surface area contributed by atoms with Crippen molar-refractivity contribution in [3.8, 4) is 0 Å². The van der Waals surface area contributed by atoms with Gasteiger partial charge < -0.3 is 9.47 Å². The Hall–Kier alpha value is -0.920. The standard InChI is InChI=1S/C15H25NO5S.C2H6/c1-15(2,3)12(17)4-6-20-8-9-21-7-5-16-13(18)10-11(22)14(16)19;1-2/h11,22H,4-10H2,1-3H3;1-2H3. The summed E-state index contributed by atoms with van der Waals surface area (Å²) in [6.45, 7) is 11.3. The van der Waals surface area contributed by atoms with Gasteiger partial charge in [0.1, 0.15) is 5.78 Å². The molecule has 0 aromatic heterocycles. The zero-order valence-corrected chi connectivity index (χ0v) is 16.4. The monoisotopic (exact) mass is 361 g/mol. The number of likely N-dealkylation sites (tertiary alicyclic amines) is 1. The van der Waals surface area contributed by atoms with Crippen molar-refractivity contribution in [1.29, 1.82) is 0 Å². The van der Waals surface area contributed by atoms with E-state index in [-0.39, 0.29) is 42.6 Å². The molecule has 1 heterocycles. The average Bonchev–Trinajstić information content (AvgIpc) is 2.76. The minimum Gasteiger partial charge on any atom is -0.379 e. The van der Waals surface area contributed by atoms with Gasteiger partial charge in [-0.25, -0.2) is 0 Å². The maximum absolute atomic E-state index is 11.6. The first-order valence-corrected chi connectivity index (χ1v) is 8.96. The fourth-order valence-corrected chi connectivity index (χ4v) is 2.21. The van der Waals surface area contributed by atoms with Crippen molar-refractivity contribution in [2.24, 2.45) is 5.41 Å². The molecule has 1 fully saturated rings. The zero-order chi connectivity index (χ0) is 18.8. The van der Waals surface area contributed by atoms with E-state index in [0.717, 1.165) is 0 Å². The van der Waals surface area contributed by atoms with Crippen LogP contribution in [0.4, 0.5) is 0 Å². The van der Waals surface area contributed by atoms with Crippen molar-refractivity contribution in [3.05, 3.63) is 0 Å². The molecule has 140 valence electrons. The Morgan fingerprint density at radius 2 is 1.67 bits per heavy atom. The van der Waals surface area contributed by atoms with Crippen LogP contribution in [0.2, 0.25) is 0 Å². The number of ether oxygens (including phenoxy) is 2. The van der Waals surface area contributed by atoms with E-state index in [1.165, 1.54) is 4.90 Å². The van der Waals surface area contributed by atoms with Crippen LogP contribution in [0, 0.1) is 5.41 Å². The van der Waals surface area contributed by atoms with Gasteiger partial charge in [-0.15, -0.1) is 0 Å². The van der Waals surface area contributed by atoms with Gasteiger partial charge in [-0.3, -0.25) is 19.3 Å². The molecular weight excluding hydrogens is 330 g/mol. The van der Waals surface area contributed by atoms with E-state index in [4.69, 9.17) is 9.47 Å². The molecule has 1 atom stereocenters. The lowest BCUT2D eigenvalue weighted by atomic mass is 9.89. The summed E-state index contributed by atoms with van der Waals surface area (Å²) in [5.41, 5.74) is -0.334. The first kappa shape index (κ1) is 23.1. The fraction of sp³-hybridized carbons (Fsp3) is 0.824. The van der Waals surface area contributed by atoms with Gasteiger partial charge in [0, 0.05) is 18.3 Å². The molecule has 0 aromatic rings. The molecule has 0 aliphatic carbocycles. The summed E-state index contributed by atoms with van der Waals surface area (Å²) in [4.78, 5) is 35.9. The fourth-order valence-electron chi connectivity index (χ4n) is 1.92. The molecule has 0 N–H and O–H groups in total. The lowest BCUT2D eigenvalue weighted by Gasteiger charge is -2.16. The zero-order valence-electron chi connectivity index (χ0n) is 15.5. The normalized spacial score (nSPS) is 17.8. The number of carbonyl (C=O) groups excluding carboxylic acids is 3. The van der Waals surface area contributed by atoms with E-state index in [9.17, 15) is 14.4 Å². The molecular formula is C17H31NO5S. The van der Waals surface area contributed by atoms with E-state index in [1.54, 1.807) is 0 Å². The molecule has 0 radical (unpaired) electrons. The molecule has 1 unspecified atom stereocenters. The molecule has 1 rings (SSSR count). The lowest BCUT2D eigenvalue weighted by molar-refractivity contribution is -0.139. The lowest BCUT2D eigenvalue weighted by Crippen LogP contribution is -2.34. The SMILES string of the molecule is CC.CC(C)(C)C(=O)CCOCCOCCN1C(=O)CC(S)C1=O. The third-order valence-corrected chi connectivity index (χ3v) is 3.76. The second-order valence-corrected chi connectivity index (χ2v) is 6.87. The summed E-state index contributed by atoms with van der Waals surface area (Å²) in [6.07, 6.45) is 0.552. The number of rotatable bonds is 9. The Labute approximate surface area is 150 Å². The molecule has 0 aromatic carbocycles. The Bertz CT molecular complexity index is 420. The van der Waals surface area contributed by atoms with Crippen LogP contribution in [0.15, 0.2) is 0 Å². The minimum absolute atomic E-state index is 0.160. The maximum atomic E-state index is 11.6. The number of hydrogen-bond donors (Lipinski definition) is 1. The number of hydrogen-bond acceptors (Lipinski definition) is 6. The topological polar surface area (TPSA) is 72.9 Å². The van der Waals surface area contributed by atoms with Gasteiger partial charge in [0.25, 0.3) is 0 Å². The molecule has 1 aliphatic heterocycles. The van der Waals surface area contributed by atoms with Crippen molar-refractivity contribution >= 4 is 30.2 Å². The number of nitrogens with zero attached hydrogens (tertiary/aromatic N) is 1. The highest BCUT2D eigenvalue weighted by Crippen LogP contribution is 2.17.